The molecule has 3 heterocycles. The summed E-state index contributed by atoms with van der Waals surface area (Å²) in [6.07, 6.45) is 4.67. The molecule has 7 heteroatoms. The van der Waals surface area contributed by atoms with Crippen LogP contribution in [0.2, 0.25) is 0 Å². The molecule has 0 bridgehead atoms. The monoisotopic (exact) mass is 394 g/mol. The summed E-state index contributed by atoms with van der Waals surface area (Å²) in [4.78, 5) is 25.1. The zero-order valence-corrected chi connectivity index (χ0v) is 17.4. The van der Waals surface area contributed by atoms with Crippen LogP contribution in [-0.2, 0) is 4.74 Å². The summed E-state index contributed by atoms with van der Waals surface area (Å²) in [6.45, 7) is 9.30. The summed E-state index contributed by atoms with van der Waals surface area (Å²) in [5, 5.41) is 14.4. The third-order valence-corrected chi connectivity index (χ3v) is 4.37. The minimum Gasteiger partial charge on any atom is -0.444 e. The molecule has 0 radical (unpaired) electrons. The van der Waals surface area contributed by atoms with Crippen LogP contribution in [0.25, 0.3) is 22.0 Å². The summed E-state index contributed by atoms with van der Waals surface area (Å²) in [5.41, 5.74) is 2.75. The summed E-state index contributed by atoms with van der Waals surface area (Å²) >= 11 is 0. The molecular weight excluding hydrogens is 368 g/mol. The Bertz CT molecular complexity index is 1040. The topological polar surface area (TPSA) is 97.2 Å². The van der Waals surface area contributed by atoms with Crippen molar-refractivity contribution in [1.82, 2.24) is 15.0 Å². The lowest BCUT2D eigenvalue weighted by Gasteiger charge is -2.19. The fourth-order valence-corrected chi connectivity index (χ4v) is 2.90. The van der Waals surface area contributed by atoms with Gasteiger partial charge in [0.25, 0.3) is 0 Å². The first-order valence-corrected chi connectivity index (χ1v) is 9.57. The number of aryl methyl sites for hydroxylation is 1. The highest BCUT2D eigenvalue weighted by molar-refractivity contribution is 5.90. The lowest BCUT2D eigenvalue weighted by Crippen LogP contribution is -2.27. The molecule has 1 unspecified atom stereocenters. The number of carbonyl (C=O) groups is 1. The third kappa shape index (κ3) is 5.06. The Kier molecular flexibility index (Phi) is 5.79. The first-order chi connectivity index (χ1) is 13.7. The number of carbonyl (C=O) groups excluding carboxylic acids is 1. The Labute approximate surface area is 170 Å². The van der Waals surface area contributed by atoms with Gasteiger partial charge in [0.2, 0.25) is 0 Å². The van der Waals surface area contributed by atoms with Crippen molar-refractivity contribution in [2.45, 2.75) is 52.7 Å². The smallest absolute Gasteiger partial charge is 0.413 e. The molecule has 7 nitrogen and oxygen atoms in total. The molecular formula is C22H26N4O3. The lowest BCUT2D eigenvalue weighted by molar-refractivity contribution is 0.0635. The van der Waals surface area contributed by atoms with Gasteiger partial charge in [-0.3, -0.25) is 15.3 Å². The summed E-state index contributed by atoms with van der Waals surface area (Å²) in [6, 6.07) is 5.57. The second-order valence-corrected chi connectivity index (χ2v) is 7.96. The van der Waals surface area contributed by atoms with E-state index >= 15 is 0 Å². The van der Waals surface area contributed by atoms with Crippen molar-refractivity contribution in [1.29, 1.82) is 0 Å². The van der Waals surface area contributed by atoms with Crippen molar-refractivity contribution in [3.05, 3.63) is 48.0 Å². The van der Waals surface area contributed by atoms with Gasteiger partial charge >= 0.3 is 6.09 Å². The van der Waals surface area contributed by atoms with E-state index in [-0.39, 0.29) is 0 Å². The molecule has 2 N–H and O–H groups in total. The van der Waals surface area contributed by atoms with Crippen LogP contribution in [0.15, 0.2) is 36.8 Å². The van der Waals surface area contributed by atoms with E-state index in [1.807, 2.05) is 26.0 Å². The Morgan fingerprint density at radius 1 is 1.10 bits per heavy atom. The molecule has 152 valence electrons. The maximum atomic E-state index is 11.9. The number of amides is 1. The number of fused-ring (bicyclic) bond motifs is 1. The molecule has 0 aliphatic carbocycles. The highest BCUT2D eigenvalue weighted by Crippen LogP contribution is 2.27. The number of pyridine rings is 3. The molecule has 1 atom stereocenters. The Balaban J connectivity index is 1.85. The van der Waals surface area contributed by atoms with Crippen LogP contribution < -0.4 is 5.32 Å². The van der Waals surface area contributed by atoms with Gasteiger partial charge < -0.3 is 9.84 Å². The average Bonchev–Trinajstić information content (AvgIpc) is 2.65. The van der Waals surface area contributed by atoms with E-state index in [0.717, 1.165) is 27.6 Å². The van der Waals surface area contributed by atoms with Crippen molar-refractivity contribution in [2.24, 2.45) is 0 Å². The number of ether oxygens (including phenoxy) is 1. The Morgan fingerprint density at radius 2 is 1.79 bits per heavy atom. The zero-order valence-electron chi connectivity index (χ0n) is 17.4. The fraction of sp³-hybridized carbons (Fsp3) is 0.364. The largest absolute Gasteiger partial charge is 0.444 e. The predicted molar refractivity (Wildman–Crippen MR) is 113 cm³/mol. The molecule has 0 aliphatic heterocycles. The van der Waals surface area contributed by atoms with E-state index in [2.05, 4.69) is 20.3 Å². The maximum absolute atomic E-state index is 11.9. The normalized spacial score (nSPS) is 12.6. The predicted octanol–water partition coefficient (Wildman–Crippen LogP) is 4.79. The fourth-order valence-electron chi connectivity index (χ4n) is 2.90. The standard InChI is InChI=1S/C22H26N4O3/c1-6-19(27)18-7-13(2)16(12-24-18)17-8-14-11-25-20(9-15(14)10-23-17)26-21(28)29-22(3,4)5/h7-12,19,27H,6H2,1-5H3,(H,25,26,28). The molecule has 1 amide bonds. The van der Waals surface area contributed by atoms with Gasteiger partial charge in [0.15, 0.2) is 0 Å². The van der Waals surface area contributed by atoms with Gasteiger partial charge in [0, 0.05) is 34.9 Å². The molecule has 3 rings (SSSR count). The number of rotatable bonds is 4. The van der Waals surface area contributed by atoms with Gasteiger partial charge in [-0.1, -0.05) is 6.92 Å². The number of aliphatic hydroxyl groups excluding tert-OH is 1. The highest BCUT2D eigenvalue weighted by Gasteiger charge is 2.17. The number of anilines is 1. The number of aliphatic hydroxyl groups is 1. The molecule has 3 aromatic heterocycles. The van der Waals surface area contributed by atoms with Crippen LogP contribution in [-0.4, -0.2) is 31.8 Å². The quantitative estimate of drug-likeness (QED) is 0.660. The van der Waals surface area contributed by atoms with Crippen LogP contribution in [0.5, 0.6) is 0 Å². The number of nitrogens with zero attached hydrogens (tertiary/aromatic N) is 3. The van der Waals surface area contributed by atoms with Crippen LogP contribution in [0.1, 0.15) is 51.5 Å². The molecule has 29 heavy (non-hydrogen) atoms. The van der Waals surface area contributed by atoms with Gasteiger partial charge in [-0.2, -0.15) is 0 Å². The zero-order chi connectivity index (χ0) is 21.2. The molecule has 0 aliphatic rings. The Morgan fingerprint density at radius 3 is 2.45 bits per heavy atom. The van der Waals surface area contributed by atoms with Crippen LogP contribution in [0, 0.1) is 6.92 Å². The number of hydrogen-bond donors (Lipinski definition) is 2. The molecule has 0 fully saturated rings. The van der Waals surface area contributed by atoms with E-state index < -0.39 is 17.8 Å². The first kappa shape index (κ1) is 20.7. The molecule has 0 saturated carbocycles. The van der Waals surface area contributed by atoms with E-state index in [9.17, 15) is 9.90 Å². The van der Waals surface area contributed by atoms with Gasteiger partial charge in [0.1, 0.15) is 11.4 Å². The van der Waals surface area contributed by atoms with E-state index in [1.54, 1.807) is 45.4 Å². The SMILES string of the molecule is CCC(O)c1cc(C)c(-c2cc3cnc(NC(=O)OC(C)(C)C)cc3cn2)cn1. The minimum absolute atomic E-state index is 0.400. The van der Waals surface area contributed by atoms with Crippen LogP contribution in [0.3, 0.4) is 0 Å². The van der Waals surface area contributed by atoms with E-state index in [4.69, 9.17) is 4.74 Å². The second kappa shape index (κ2) is 8.13. The number of aromatic nitrogens is 3. The van der Waals surface area contributed by atoms with Crippen molar-refractivity contribution < 1.29 is 14.6 Å². The van der Waals surface area contributed by atoms with Gasteiger partial charge in [-0.25, -0.2) is 9.78 Å². The van der Waals surface area contributed by atoms with E-state index in [1.165, 1.54) is 0 Å². The molecule has 0 aromatic carbocycles. The van der Waals surface area contributed by atoms with Crippen LogP contribution in [0.4, 0.5) is 10.6 Å². The number of nitrogens with one attached hydrogen (secondary N) is 1. The van der Waals surface area contributed by atoms with Crippen molar-refractivity contribution in [3.63, 3.8) is 0 Å². The summed E-state index contributed by atoms with van der Waals surface area (Å²) in [5.74, 6) is 0.400. The highest BCUT2D eigenvalue weighted by atomic mass is 16.6. The van der Waals surface area contributed by atoms with Gasteiger partial charge in [-0.15, -0.1) is 0 Å². The molecule has 0 spiro atoms. The van der Waals surface area contributed by atoms with Gasteiger partial charge in [-0.05, 0) is 57.9 Å². The van der Waals surface area contributed by atoms with Gasteiger partial charge in [0.05, 0.1) is 17.5 Å². The maximum Gasteiger partial charge on any atom is 0.413 e. The summed E-state index contributed by atoms with van der Waals surface area (Å²) in [7, 11) is 0. The van der Waals surface area contributed by atoms with Crippen molar-refractivity contribution in [2.75, 3.05) is 5.32 Å². The summed E-state index contributed by atoms with van der Waals surface area (Å²) < 4.78 is 5.25. The average molecular weight is 394 g/mol. The van der Waals surface area contributed by atoms with Crippen molar-refractivity contribution in [3.8, 4) is 11.3 Å². The van der Waals surface area contributed by atoms with Crippen LogP contribution >= 0.6 is 0 Å². The second-order valence-electron chi connectivity index (χ2n) is 7.96. The number of hydrogen-bond acceptors (Lipinski definition) is 6. The van der Waals surface area contributed by atoms with E-state index in [0.29, 0.717) is 17.9 Å². The first-order valence-electron chi connectivity index (χ1n) is 9.57. The Hall–Kier alpha value is -3.06. The van der Waals surface area contributed by atoms with Crippen molar-refractivity contribution >= 4 is 22.7 Å². The minimum atomic E-state index is -0.577. The third-order valence-electron chi connectivity index (χ3n) is 4.37. The lowest BCUT2D eigenvalue weighted by atomic mass is 10.0. The molecule has 3 aromatic rings. The molecule has 0 saturated heterocycles.